The number of esters is 4. The van der Waals surface area contributed by atoms with Crippen LogP contribution in [0.25, 0.3) is 0 Å². The van der Waals surface area contributed by atoms with Gasteiger partial charge in [-0.25, -0.2) is 19.2 Å². The summed E-state index contributed by atoms with van der Waals surface area (Å²) >= 11 is 12.8. The Kier molecular flexibility index (Phi) is 25.4. The smallest absolute Gasteiger partial charge is 0.336 e. The Morgan fingerprint density at radius 3 is 1.23 bits per heavy atom. The molecule has 18 nitrogen and oxygen atoms in total. The number of carbonyl (C=O) groups is 6. The van der Waals surface area contributed by atoms with Crippen molar-refractivity contribution in [2.45, 2.75) is 65.2 Å². The van der Waals surface area contributed by atoms with Crippen molar-refractivity contribution in [2.75, 3.05) is 67.0 Å². The lowest BCUT2D eigenvalue weighted by molar-refractivity contribution is -0.140. The number of hydrogen-bond donors (Lipinski definition) is 6. The van der Waals surface area contributed by atoms with Crippen molar-refractivity contribution in [1.29, 1.82) is 0 Å². The van der Waals surface area contributed by atoms with E-state index in [1.54, 1.807) is 76.2 Å². The number of benzene rings is 2. The SMILES string of the molecule is CCOC(=O)C1=C(COCCN)NC(C)=C(C(=O)OC)C1c1ccccc1Cl.CCOC(=O)C1=C(COCCN)NC(C)=C(C(=O)OC)C1c1ccccc1Cl.O=C(O)CCCCC(=O)O. The molecule has 2 unspecified atom stereocenters. The van der Waals surface area contributed by atoms with E-state index in [0.717, 1.165) is 0 Å². The number of rotatable bonds is 21. The van der Waals surface area contributed by atoms with Crippen molar-refractivity contribution < 1.29 is 67.4 Å². The van der Waals surface area contributed by atoms with Gasteiger partial charge in [-0.1, -0.05) is 59.6 Å². The van der Waals surface area contributed by atoms with Crippen molar-refractivity contribution in [3.8, 4) is 0 Å². The second-order valence-corrected chi connectivity index (χ2v) is 14.9. The molecule has 0 aliphatic carbocycles. The van der Waals surface area contributed by atoms with Gasteiger partial charge < -0.3 is 60.7 Å². The number of unbranched alkanes of at least 4 members (excludes halogenated alkanes) is 1. The highest BCUT2D eigenvalue weighted by molar-refractivity contribution is 6.32. The fourth-order valence-electron chi connectivity index (χ4n) is 6.79. The first kappa shape index (κ1) is 56.4. The zero-order valence-electron chi connectivity index (χ0n) is 38.0. The van der Waals surface area contributed by atoms with Gasteiger partial charge in [0.1, 0.15) is 0 Å². The van der Waals surface area contributed by atoms with Crippen LogP contribution in [0.3, 0.4) is 0 Å². The molecule has 0 spiro atoms. The maximum absolute atomic E-state index is 12.9. The van der Waals surface area contributed by atoms with E-state index in [0.29, 0.717) is 94.3 Å². The quantitative estimate of drug-likeness (QED) is 0.0530. The molecule has 362 valence electrons. The van der Waals surface area contributed by atoms with Crippen molar-refractivity contribution >= 4 is 59.0 Å². The highest BCUT2D eigenvalue weighted by Gasteiger charge is 2.41. The molecular weight excluding hydrogens is 903 g/mol. The van der Waals surface area contributed by atoms with Crippen LogP contribution in [-0.4, -0.2) is 113 Å². The van der Waals surface area contributed by atoms with Gasteiger partial charge in [0, 0.05) is 47.4 Å². The number of aliphatic carboxylic acids is 2. The predicted octanol–water partition coefficient (Wildman–Crippen LogP) is 5.25. The van der Waals surface area contributed by atoms with Gasteiger partial charge in [0.05, 0.1) is 99.4 Å². The van der Waals surface area contributed by atoms with Gasteiger partial charge in [0.2, 0.25) is 0 Å². The Bertz CT molecular complexity index is 2000. The molecule has 0 saturated carbocycles. The molecule has 0 bridgehead atoms. The van der Waals surface area contributed by atoms with E-state index >= 15 is 0 Å². The first-order valence-electron chi connectivity index (χ1n) is 20.9. The average molecular weight is 964 g/mol. The first-order valence-corrected chi connectivity index (χ1v) is 21.7. The van der Waals surface area contributed by atoms with Crippen molar-refractivity contribution in [3.05, 3.63) is 115 Å². The molecule has 20 heteroatoms. The molecule has 0 aromatic heterocycles. The molecule has 2 aliphatic rings. The third-order valence-electron chi connectivity index (χ3n) is 9.57. The number of methoxy groups -OCH3 is 2. The number of carbonyl (C=O) groups excluding carboxylic acids is 4. The predicted molar refractivity (Wildman–Crippen MR) is 245 cm³/mol. The third-order valence-corrected chi connectivity index (χ3v) is 10.3. The van der Waals surface area contributed by atoms with E-state index < -0.39 is 47.7 Å². The van der Waals surface area contributed by atoms with Gasteiger partial charge in [-0.15, -0.1) is 0 Å². The fraction of sp³-hybridized carbons (Fsp3) is 0.435. The molecule has 0 radical (unpaired) electrons. The Balaban J connectivity index is 0.000000377. The van der Waals surface area contributed by atoms with Crippen molar-refractivity contribution in [3.63, 3.8) is 0 Å². The number of ether oxygens (including phenoxy) is 6. The number of hydrogen-bond acceptors (Lipinski definition) is 16. The highest BCUT2D eigenvalue weighted by atomic mass is 35.5. The summed E-state index contributed by atoms with van der Waals surface area (Å²) in [6.45, 7) is 8.83. The molecule has 4 rings (SSSR count). The zero-order chi connectivity index (χ0) is 49.3. The minimum Gasteiger partial charge on any atom is -0.481 e. The topological polar surface area (TPSA) is 274 Å². The summed E-state index contributed by atoms with van der Waals surface area (Å²) < 4.78 is 31.6. The van der Waals surface area contributed by atoms with Crippen LogP contribution in [0.1, 0.15) is 76.3 Å². The largest absolute Gasteiger partial charge is 0.481 e. The Morgan fingerprint density at radius 2 is 0.939 bits per heavy atom. The minimum absolute atomic E-state index is 0.0628. The van der Waals surface area contributed by atoms with Crippen LogP contribution in [0, 0.1) is 0 Å². The van der Waals surface area contributed by atoms with Gasteiger partial charge in [-0.2, -0.15) is 0 Å². The van der Waals surface area contributed by atoms with Crippen LogP contribution < -0.4 is 22.1 Å². The van der Waals surface area contributed by atoms with Crippen molar-refractivity contribution in [1.82, 2.24) is 10.6 Å². The molecule has 0 saturated heterocycles. The van der Waals surface area contributed by atoms with Gasteiger partial charge in [-0.3, -0.25) is 9.59 Å². The maximum Gasteiger partial charge on any atom is 0.336 e. The minimum atomic E-state index is -0.870. The maximum atomic E-state index is 12.9. The molecule has 0 fully saturated rings. The van der Waals surface area contributed by atoms with Crippen LogP contribution in [0.2, 0.25) is 10.0 Å². The van der Waals surface area contributed by atoms with Gasteiger partial charge in [0.15, 0.2) is 0 Å². The molecule has 2 aromatic rings. The van der Waals surface area contributed by atoms with Crippen LogP contribution in [0.5, 0.6) is 0 Å². The summed E-state index contributed by atoms with van der Waals surface area (Å²) in [5.74, 6) is -5.47. The summed E-state index contributed by atoms with van der Waals surface area (Å²) in [5, 5.41) is 23.3. The number of carboxylic acid groups (broad SMARTS) is 2. The number of carboxylic acids is 2. The first-order chi connectivity index (χ1) is 31.5. The molecule has 0 amide bonds. The average Bonchev–Trinajstić information content (AvgIpc) is 3.28. The Hall–Kier alpha value is -5.76. The van der Waals surface area contributed by atoms with Gasteiger partial charge in [0.25, 0.3) is 0 Å². The second kappa shape index (κ2) is 29.7. The van der Waals surface area contributed by atoms with Crippen molar-refractivity contribution in [2.24, 2.45) is 11.5 Å². The highest BCUT2D eigenvalue weighted by Crippen LogP contribution is 2.43. The number of nitrogens with two attached hydrogens (primary N) is 2. The molecule has 66 heavy (non-hydrogen) atoms. The van der Waals surface area contributed by atoms with E-state index in [1.165, 1.54) is 14.2 Å². The van der Waals surface area contributed by atoms with Crippen LogP contribution in [-0.2, 0) is 57.2 Å². The number of halogens is 2. The number of nitrogens with one attached hydrogen (secondary N) is 2. The standard InChI is InChI=1S/2C20H25ClN2O5.C6H10O4/c2*1-4-28-20(25)18-15(11-27-10-9-22)23-12(2)16(19(24)26-3)17(18)13-7-5-6-8-14(13)21;7-5(8)3-1-2-4-6(9)10/h2*5-8,17,23H,4,9-11,22H2,1-3H3;1-4H2,(H,7,8)(H,9,10). The van der Waals surface area contributed by atoms with Crippen LogP contribution in [0.4, 0.5) is 0 Å². The molecule has 8 N–H and O–H groups in total. The lowest BCUT2D eigenvalue weighted by atomic mass is 9.80. The number of allylic oxidation sites excluding steroid dienone is 2. The van der Waals surface area contributed by atoms with E-state index in [4.69, 9.17) is 73.3 Å². The summed E-state index contributed by atoms with van der Waals surface area (Å²) in [4.78, 5) is 70.7. The van der Waals surface area contributed by atoms with E-state index in [9.17, 15) is 28.8 Å². The summed E-state index contributed by atoms with van der Waals surface area (Å²) in [7, 11) is 2.58. The lowest BCUT2D eigenvalue weighted by Crippen LogP contribution is -2.35. The Labute approximate surface area is 394 Å². The third kappa shape index (κ3) is 16.6. The molecule has 2 heterocycles. The summed E-state index contributed by atoms with van der Waals surface area (Å²) in [5.41, 5.74) is 15.4. The summed E-state index contributed by atoms with van der Waals surface area (Å²) in [6.07, 6.45) is 1.02. The van der Waals surface area contributed by atoms with Crippen LogP contribution >= 0.6 is 23.2 Å². The normalized spacial score (nSPS) is 15.5. The van der Waals surface area contributed by atoms with Gasteiger partial charge >= 0.3 is 35.8 Å². The number of dihydropyridines is 2. The summed E-state index contributed by atoms with van der Waals surface area (Å²) in [6, 6.07) is 14.1. The lowest BCUT2D eigenvalue weighted by Gasteiger charge is -2.31. The monoisotopic (exact) mass is 962 g/mol. The van der Waals surface area contributed by atoms with Crippen LogP contribution in [0.15, 0.2) is 93.6 Å². The zero-order valence-corrected chi connectivity index (χ0v) is 39.5. The van der Waals surface area contributed by atoms with Gasteiger partial charge in [-0.05, 0) is 63.8 Å². The second-order valence-electron chi connectivity index (χ2n) is 14.1. The molecular formula is C46H60Cl2N4O14. The van der Waals surface area contributed by atoms with E-state index in [2.05, 4.69) is 10.6 Å². The molecule has 2 aromatic carbocycles. The van der Waals surface area contributed by atoms with E-state index in [-0.39, 0.29) is 50.4 Å². The molecule has 2 aliphatic heterocycles. The van der Waals surface area contributed by atoms with E-state index in [1.807, 2.05) is 0 Å². The molecule has 2 atom stereocenters. The Morgan fingerprint density at radius 1 is 0.591 bits per heavy atom. The fourth-order valence-corrected chi connectivity index (χ4v) is 7.28.